The predicted molar refractivity (Wildman–Crippen MR) is 152 cm³/mol. The molecule has 1 fully saturated rings. The Labute approximate surface area is 241 Å². The number of halogens is 3. The van der Waals surface area contributed by atoms with Gasteiger partial charge in [-0.25, -0.2) is 8.42 Å². The maximum atomic E-state index is 13.9. The fourth-order valence-corrected chi connectivity index (χ4v) is 5.75. The zero-order valence-corrected chi connectivity index (χ0v) is 23.6. The number of benzene rings is 3. The number of anilines is 2. The van der Waals surface area contributed by atoms with Gasteiger partial charge in [-0.15, -0.1) is 0 Å². The minimum absolute atomic E-state index is 0.0703. The lowest BCUT2D eigenvalue weighted by Gasteiger charge is -2.29. The van der Waals surface area contributed by atoms with E-state index in [1.807, 2.05) is 0 Å². The van der Waals surface area contributed by atoms with E-state index in [-0.39, 0.29) is 29.0 Å². The molecule has 0 saturated carbocycles. The zero-order valence-electron chi connectivity index (χ0n) is 22.8. The fraction of sp³-hybridized carbons (Fsp3) is 0.310. The fourth-order valence-electron chi connectivity index (χ4n) is 4.51. The summed E-state index contributed by atoms with van der Waals surface area (Å²) < 4.78 is 74.5. The molecule has 9 nitrogen and oxygen atoms in total. The van der Waals surface area contributed by atoms with Crippen LogP contribution in [0.2, 0.25) is 0 Å². The van der Waals surface area contributed by atoms with Crippen molar-refractivity contribution in [3.05, 3.63) is 77.9 Å². The normalized spacial score (nSPS) is 14.8. The van der Waals surface area contributed by atoms with Crippen LogP contribution in [0, 0.1) is 6.92 Å². The highest BCUT2D eigenvalue weighted by molar-refractivity contribution is 7.89. The van der Waals surface area contributed by atoms with Crippen molar-refractivity contribution in [3.63, 3.8) is 0 Å². The number of aryl methyl sites for hydroxylation is 1. The minimum atomic E-state index is -4.63. The molecule has 42 heavy (non-hydrogen) atoms. The molecule has 0 aromatic heterocycles. The molecule has 224 valence electrons. The maximum Gasteiger partial charge on any atom is 0.417 e. The number of ether oxygens (including phenoxy) is 1. The van der Waals surface area contributed by atoms with Crippen molar-refractivity contribution in [2.24, 2.45) is 5.73 Å². The second kappa shape index (κ2) is 12.9. The van der Waals surface area contributed by atoms with E-state index in [9.17, 15) is 31.2 Å². The SMILES string of the molecule is Cc1ccc(S(=O)(=O)N[C@@H](CCC(=O)Nc2ccc(C(F)(F)F)c(-c3ccc(N4CCOCC4)cc3)c2)C(N)=O)cc1. The molecule has 3 aromatic carbocycles. The topological polar surface area (TPSA) is 131 Å². The van der Waals surface area contributed by atoms with Gasteiger partial charge in [0.15, 0.2) is 0 Å². The molecule has 0 spiro atoms. The quantitative estimate of drug-likeness (QED) is 0.320. The minimum Gasteiger partial charge on any atom is -0.378 e. The number of carbonyl (C=O) groups excluding carboxylic acids is 2. The Bertz CT molecular complexity index is 1520. The monoisotopic (exact) mass is 604 g/mol. The summed E-state index contributed by atoms with van der Waals surface area (Å²) in [5.74, 6) is -1.61. The van der Waals surface area contributed by atoms with E-state index in [1.54, 1.807) is 43.3 Å². The van der Waals surface area contributed by atoms with Crippen molar-refractivity contribution in [2.45, 2.75) is 36.9 Å². The number of amides is 2. The van der Waals surface area contributed by atoms with E-state index in [4.69, 9.17) is 10.5 Å². The molecular weight excluding hydrogens is 573 g/mol. The number of hydrogen-bond donors (Lipinski definition) is 3. The number of sulfonamides is 1. The highest BCUT2D eigenvalue weighted by Gasteiger charge is 2.34. The Kier molecular flexibility index (Phi) is 9.54. The van der Waals surface area contributed by atoms with Crippen molar-refractivity contribution in [2.75, 3.05) is 36.5 Å². The molecule has 1 aliphatic heterocycles. The highest BCUT2D eigenvalue weighted by Crippen LogP contribution is 2.39. The standard InChI is InChI=1S/C29H31F3N4O5S/c1-19-2-9-23(10-3-19)42(39,40)35-26(28(33)38)12-13-27(37)34-21-6-11-25(29(30,31)32)24(18-21)20-4-7-22(8-5-20)36-14-16-41-17-15-36/h2-11,18,26,35H,12-17H2,1H3,(H2,33,38)(H,34,37)/t26-/m0/s1. The van der Waals surface area contributed by atoms with Crippen LogP contribution in [0.3, 0.4) is 0 Å². The molecule has 1 aliphatic rings. The summed E-state index contributed by atoms with van der Waals surface area (Å²) in [5, 5.41) is 2.53. The summed E-state index contributed by atoms with van der Waals surface area (Å²) in [7, 11) is -4.09. The Morgan fingerprint density at radius 3 is 2.24 bits per heavy atom. The van der Waals surface area contributed by atoms with E-state index >= 15 is 0 Å². The van der Waals surface area contributed by atoms with E-state index in [0.29, 0.717) is 31.9 Å². The van der Waals surface area contributed by atoms with Crippen molar-refractivity contribution in [1.82, 2.24) is 4.72 Å². The third-order valence-electron chi connectivity index (χ3n) is 6.80. The number of nitrogens with zero attached hydrogens (tertiary/aromatic N) is 1. The molecule has 1 atom stereocenters. The summed E-state index contributed by atoms with van der Waals surface area (Å²) in [6.45, 7) is 4.29. The summed E-state index contributed by atoms with van der Waals surface area (Å²) in [4.78, 5) is 26.6. The molecule has 2 amide bonds. The van der Waals surface area contributed by atoms with E-state index in [2.05, 4.69) is 14.9 Å². The number of rotatable bonds is 10. The van der Waals surface area contributed by atoms with Crippen LogP contribution in [-0.4, -0.2) is 52.6 Å². The third-order valence-corrected chi connectivity index (χ3v) is 8.28. The number of carbonyl (C=O) groups is 2. The van der Waals surface area contributed by atoms with Crippen molar-refractivity contribution in [3.8, 4) is 11.1 Å². The van der Waals surface area contributed by atoms with Gasteiger partial charge in [0.1, 0.15) is 6.04 Å². The smallest absolute Gasteiger partial charge is 0.378 e. The lowest BCUT2D eigenvalue weighted by atomic mass is 9.98. The van der Waals surface area contributed by atoms with Gasteiger partial charge in [-0.05, 0) is 66.9 Å². The molecule has 0 radical (unpaired) electrons. The number of alkyl halides is 3. The van der Waals surface area contributed by atoms with Crippen LogP contribution in [0.5, 0.6) is 0 Å². The molecule has 0 aliphatic carbocycles. The lowest BCUT2D eigenvalue weighted by Crippen LogP contribution is -2.44. The van der Waals surface area contributed by atoms with Crippen LogP contribution >= 0.6 is 0 Å². The zero-order chi connectivity index (χ0) is 30.5. The molecule has 4 rings (SSSR count). The van der Waals surface area contributed by atoms with Gasteiger partial charge in [0.25, 0.3) is 0 Å². The highest BCUT2D eigenvalue weighted by atomic mass is 32.2. The summed E-state index contributed by atoms with van der Waals surface area (Å²) in [6, 6.07) is 14.5. The molecule has 0 bridgehead atoms. The lowest BCUT2D eigenvalue weighted by molar-refractivity contribution is -0.137. The summed E-state index contributed by atoms with van der Waals surface area (Å²) in [5.41, 5.74) is 6.52. The average molecular weight is 605 g/mol. The Balaban J connectivity index is 1.46. The summed E-state index contributed by atoms with van der Waals surface area (Å²) in [6.07, 6.45) is -5.22. The molecule has 1 heterocycles. The van der Waals surface area contributed by atoms with Crippen LogP contribution in [0.4, 0.5) is 24.5 Å². The van der Waals surface area contributed by atoms with Gasteiger partial charge >= 0.3 is 6.18 Å². The molecular formula is C29H31F3N4O5S. The molecule has 0 unspecified atom stereocenters. The van der Waals surface area contributed by atoms with Gasteiger partial charge in [0.05, 0.1) is 23.7 Å². The van der Waals surface area contributed by atoms with Gasteiger partial charge in [-0.2, -0.15) is 17.9 Å². The number of hydrogen-bond acceptors (Lipinski definition) is 6. The van der Waals surface area contributed by atoms with Crippen LogP contribution < -0.4 is 20.7 Å². The van der Waals surface area contributed by atoms with Gasteiger partial charge in [-0.3, -0.25) is 9.59 Å². The second-order valence-electron chi connectivity index (χ2n) is 9.88. The average Bonchev–Trinajstić information content (AvgIpc) is 2.95. The molecule has 1 saturated heterocycles. The Morgan fingerprint density at radius 1 is 1.00 bits per heavy atom. The third kappa shape index (κ3) is 7.87. The number of nitrogens with two attached hydrogens (primary N) is 1. The number of primary amides is 1. The van der Waals surface area contributed by atoms with Crippen molar-refractivity contribution in [1.29, 1.82) is 0 Å². The van der Waals surface area contributed by atoms with E-state index in [1.165, 1.54) is 18.2 Å². The van der Waals surface area contributed by atoms with Crippen LogP contribution in [0.15, 0.2) is 71.6 Å². The largest absolute Gasteiger partial charge is 0.417 e. The molecule has 4 N–H and O–H groups in total. The Morgan fingerprint density at radius 2 is 1.64 bits per heavy atom. The first-order chi connectivity index (χ1) is 19.8. The second-order valence-corrected chi connectivity index (χ2v) is 11.6. The predicted octanol–water partition coefficient (Wildman–Crippen LogP) is 4.07. The van der Waals surface area contributed by atoms with Crippen LogP contribution in [0.25, 0.3) is 11.1 Å². The number of morpholine rings is 1. The first kappa shape index (κ1) is 31.0. The first-order valence-electron chi connectivity index (χ1n) is 13.2. The van der Waals surface area contributed by atoms with Gasteiger partial charge in [0.2, 0.25) is 21.8 Å². The Hall–Kier alpha value is -3.94. The van der Waals surface area contributed by atoms with Gasteiger partial charge < -0.3 is 20.7 Å². The molecule has 13 heteroatoms. The van der Waals surface area contributed by atoms with E-state index < -0.39 is 39.6 Å². The maximum absolute atomic E-state index is 13.9. The van der Waals surface area contributed by atoms with Crippen LogP contribution in [-0.2, 0) is 30.5 Å². The molecule has 3 aromatic rings. The van der Waals surface area contributed by atoms with Gasteiger partial charge in [-0.1, -0.05) is 29.8 Å². The van der Waals surface area contributed by atoms with Crippen molar-refractivity contribution >= 4 is 33.2 Å². The van der Waals surface area contributed by atoms with Crippen LogP contribution in [0.1, 0.15) is 24.0 Å². The first-order valence-corrected chi connectivity index (χ1v) is 14.6. The summed E-state index contributed by atoms with van der Waals surface area (Å²) >= 11 is 0. The van der Waals surface area contributed by atoms with E-state index in [0.717, 1.165) is 23.4 Å². The van der Waals surface area contributed by atoms with Gasteiger partial charge in [0, 0.05) is 30.9 Å². The van der Waals surface area contributed by atoms with Crippen molar-refractivity contribution < 1.29 is 35.9 Å². The number of nitrogens with one attached hydrogen (secondary N) is 2.